The van der Waals surface area contributed by atoms with Crippen LogP contribution in [-0.2, 0) is 22.5 Å². The van der Waals surface area contributed by atoms with Gasteiger partial charge in [-0.05, 0) is 64.8 Å². The molecule has 0 saturated heterocycles. The SMILES string of the molecule is CC(C)OCCC(=O)NC1CCC(CCN2CCc3sc(OCC(C)(F)F)nc3C2)CC1. The molecule has 1 fully saturated rings. The molecule has 1 aliphatic heterocycles. The van der Waals surface area contributed by atoms with Crippen molar-refractivity contribution in [3.05, 3.63) is 10.6 Å². The minimum Gasteiger partial charge on any atom is -0.464 e. The number of thiazole rings is 1. The molecule has 32 heavy (non-hydrogen) atoms. The second kappa shape index (κ2) is 11.7. The molecule has 1 aliphatic carbocycles. The Morgan fingerprint density at radius 1 is 1.31 bits per heavy atom. The molecule has 0 bridgehead atoms. The lowest BCUT2D eigenvalue weighted by molar-refractivity contribution is -0.123. The van der Waals surface area contributed by atoms with E-state index in [-0.39, 0.29) is 12.0 Å². The van der Waals surface area contributed by atoms with Crippen LogP contribution in [0.2, 0.25) is 0 Å². The van der Waals surface area contributed by atoms with Crippen LogP contribution in [0.4, 0.5) is 8.78 Å². The number of carbonyl (C=O) groups excluding carboxylic acids is 1. The third-order valence-corrected chi connectivity index (χ3v) is 7.15. The molecular weight excluding hydrogens is 436 g/mol. The Balaban J connectivity index is 1.33. The number of halogens is 2. The van der Waals surface area contributed by atoms with E-state index in [0.29, 0.717) is 30.2 Å². The fourth-order valence-corrected chi connectivity index (χ4v) is 5.22. The summed E-state index contributed by atoms with van der Waals surface area (Å²) in [6.45, 7) is 7.42. The number of aromatic nitrogens is 1. The first-order valence-corrected chi connectivity index (χ1v) is 12.6. The third-order valence-electron chi connectivity index (χ3n) is 6.08. The maximum absolute atomic E-state index is 13.0. The van der Waals surface area contributed by atoms with Gasteiger partial charge in [-0.3, -0.25) is 9.69 Å². The molecule has 1 amide bonds. The van der Waals surface area contributed by atoms with Crippen LogP contribution in [0.15, 0.2) is 0 Å². The van der Waals surface area contributed by atoms with Crippen molar-refractivity contribution < 1.29 is 23.0 Å². The highest BCUT2D eigenvalue weighted by Crippen LogP contribution is 2.32. The predicted molar refractivity (Wildman–Crippen MR) is 121 cm³/mol. The lowest BCUT2D eigenvalue weighted by atomic mass is 9.84. The Bertz CT molecular complexity index is 731. The van der Waals surface area contributed by atoms with Gasteiger partial charge in [-0.15, -0.1) is 0 Å². The van der Waals surface area contributed by atoms with Gasteiger partial charge in [0.1, 0.15) is 0 Å². The molecule has 0 aromatic carbocycles. The van der Waals surface area contributed by atoms with Crippen molar-refractivity contribution in [2.24, 2.45) is 5.92 Å². The molecule has 182 valence electrons. The van der Waals surface area contributed by atoms with Gasteiger partial charge in [0.25, 0.3) is 11.1 Å². The van der Waals surface area contributed by atoms with Gasteiger partial charge < -0.3 is 14.8 Å². The number of hydrogen-bond donors (Lipinski definition) is 1. The minimum atomic E-state index is -2.85. The molecule has 1 aromatic heterocycles. The van der Waals surface area contributed by atoms with Crippen LogP contribution < -0.4 is 10.1 Å². The fourth-order valence-electron chi connectivity index (χ4n) is 4.32. The molecule has 2 aliphatic rings. The lowest BCUT2D eigenvalue weighted by Crippen LogP contribution is -2.38. The maximum Gasteiger partial charge on any atom is 0.278 e. The molecule has 9 heteroatoms. The van der Waals surface area contributed by atoms with Gasteiger partial charge in [0.05, 0.1) is 18.4 Å². The van der Waals surface area contributed by atoms with Gasteiger partial charge >= 0.3 is 0 Å². The molecule has 1 saturated carbocycles. The summed E-state index contributed by atoms with van der Waals surface area (Å²) < 4.78 is 36.7. The number of alkyl halides is 2. The fraction of sp³-hybridized carbons (Fsp3) is 0.826. The van der Waals surface area contributed by atoms with Crippen molar-refractivity contribution in [1.29, 1.82) is 0 Å². The quantitative estimate of drug-likeness (QED) is 0.516. The zero-order valence-corrected chi connectivity index (χ0v) is 20.3. The van der Waals surface area contributed by atoms with E-state index in [1.54, 1.807) is 0 Å². The number of rotatable bonds is 11. The molecule has 6 nitrogen and oxygen atoms in total. The topological polar surface area (TPSA) is 63.7 Å². The van der Waals surface area contributed by atoms with Crippen molar-refractivity contribution in [2.75, 3.05) is 26.3 Å². The van der Waals surface area contributed by atoms with E-state index >= 15 is 0 Å². The van der Waals surface area contributed by atoms with Gasteiger partial charge in [0.15, 0.2) is 6.61 Å². The molecule has 3 rings (SSSR count). The lowest BCUT2D eigenvalue weighted by Gasteiger charge is -2.32. The molecule has 2 heterocycles. The maximum atomic E-state index is 13.0. The van der Waals surface area contributed by atoms with Gasteiger partial charge in [0.2, 0.25) is 5.91 Å². The highest BCUT2D eigenvalue weighted by atomic mass is 32.1. The van der Waals surface area contributed by atoms with E-state index < -0.39 is 12.5 Å². The highest BCUT2D eigenvalue weighted by Gasteiger charge is 2.27. The average Bonchev–Trinajstić information content (AvgIpc) is 3.13. The van der Waals surface area contributed by atoms with Crippen molar-refractivity contribution in [2.45, 2.75) is 90.3 Å². The molecule has 0 spiro atoms. The number of fused-ring (bicyclic) bond motifs is 1. The zero-order chi connectivity index (χ0) is 23.1. The van der Waals surface area contributed by atoms with Crippen LogP contribution in [0.1, 0.15) is 69.9 Å². The number of amides is 1. The van der Waals surface area contributed by atoms with Gasteiger partial charge in [-0.2, -0.15) is 0 Å². The molecule has 0 unspecified atom stereocenters. The highest BCUT2D eigenvalue weighted by molar-refractivity contribution is 7.13. The normalized spacial score (nSPS) is 22.1. The molecule has 0 atom stereocenters. The van der Waals surface area contributed by atoms with Gasteiger partial charge in [-0.25, -0.2) is 13.8 Å². The first-order chi connectivity index (χ1) is 15.2. The second-order valence-corrected chi connectivity index (χ2v) is 10.5. The van der Waals surface area contributed by atoms with E-state index in [1.807, 2.05) is 13.8 Å². The van der Waals surface area contributed by atoms with Crippen molar-refractivity contribution in [1.82, 2.24) is 15.2 Å². The monoisotopic (exact) mass is 473 g/mol. The van der Waals surface area contributed by atoms with Gasteiger partial charge in [0, 0.05) is 37.4 Å². The number of carbonyl (C=O) groups is 1. The Morgan fingerprint density at radius 2 is 2.06 bits per heavy atom. The summed E-state index contributed by atoms with van der Waals surface area (Å²) in [5, 5.41) is 3.51. The zero-order valence-electron chi connectivity index (χ0n) is 19.5. The summed E-state index contributed by atoms with van der Waals surface area (Å²) in [6.07, 6.45) is 7.01. The summed E-state index contributed by atoms with van der Waals surface area (Å²) in [7, 11) is 0. The van der Waals surface area contributed by atoms with Crippen LogP contribution in [0.3, 0.4) is 0 Å². The van der Waals surface area contributed by atoms with Crippen molar-refractivity contribution in [3.8, 4) is 5.19 Å². The smallest absolute Gasteiger partial charge is 0.278 e. The predicted octanol–water partition coefficient (Wildman–Crippen LogP) is 4.42. The van der Waals surface area contributed by atoms with E-state index in [4.69, 9.17) is 9.47 Å². The minimum absolute atomic E-state index is 0.0903. The van der Waals surface area contributed by atoms with E-state index in [2.05, 4.69) is 15.2 Å². The molecule has 0 radical (unpaired) electrons. The summed E-state index contributed by atoms with van der Waals surface area (Å²) in [5.74, 6) is -2.07. The largest absolute Gasteiger partial charge is 0.464 e. The Kier molecular flexibility index (Phi) is 9.25. The standard InChI is InChI=1S/C23H37F2N3O3S/c1-16(2)30-13-10-21(29)26-18-6-4-17(5-7-18)8-11-28-12-9-20-19(14-28)27-22(32-20)31-15-23(3,24)25/h16-18H,4-15H2,1-3H3,(H,26,29). The van der Waals surface area contributed by atoms with Crippen molar-refractivity contribution in [3.63, 3.8) is 0 Å². The summed E-state index contributed by atoms with van der Waals surface area (Å²) >= 11 is 1.40. The molecular formula is C23H37F2N3O3S. The third kappa shape index (κ3) is 8.56. The Morgan fingerprint density at radius 3 is 2.75 bits per heavy atom. The average molecular weight is 474 g/mol. The van der Waals surface area contributed by atoms with Gasteiger partial charge in [-0.1, -0.05) is 11.3 Å². The summed E-state index contributed by atoms with van der Waals surface area (Å²) in [6, 6.07) is 0.291. The van der Waals surface area contributed by atoms with E-state index in [9.17, 15) is 13.6 Å². The van der Waals surface area contributed by atoms with Crippen LogP contribution in [-0.4, -0.2) is 60.2 Å². The number of ether oxygens (including phenoxy) is 2. The Labute approximate surface area is 194 Å². The van der Waals surface area contributed by atoms with Crippen LogP contribution in [0.25, 0.3) is 0 Å². The van der Waals surface area contributed by atoms with E-state index in [0.717, 1.165) is 75.7 Å². The summed E-state index contributed by atoms with van der Waals surface area (Å²) in [5.41, 5.74) is 0.975. The number of nitrogens with zero attached hydrogens (tertiary/aromatic N) is 2. The first-order valence-electron chi connectivity index (χ1n) is 11.8. The van der Waals surface area contributed by atoms with E-state index in [1.165, 1.54) is 11.3 Å². The van der Waals surface area contributed by atoms with Crippen molar-refractivity contribution >= 4 is 17.2 Å². The molecule has 1 aromatic rings. The van der Waals surface area contributed by atoms with Crippen LogP contribution in [0, 0.1) is 5.92 Å². The number of hydrogen-bond acceptors (Lipinski definition) is 6. The van der Waals surface area contributed by atoms with Crippen LogP contribution in [0.5, 0.6) is 5.19 Å². The summed E-state index contributed by atoms with van der Waals surface area (Å²) in [4.78, 5) is 20.1. The van der Waals surface area contributed by atoms with Crippen LogP contribution >= 0.6 is 11.3 Å². The Hall–Kier alpha value is -1.32. The second-order valence-electron chi connectivity index (χ2n) is 9.48. The molecule has 1 N–H and O–H groups in total. The first kappa shape index (κ1) is 25.3. The number of nitrogens with one attached hydrogen (secondary N) is 1.